The number of phenols is 1. The third-order valence-electron chi connectivity index (χ3n) is 1.22. The van der Waals surface area contributed by atoms with Crippen LogP contribution in [0.3, 0.4) is 0 Å². The van der Waals surface area contributed by atoms with E-state index in [9.17, 15) is 5.11 Å². The van der Waals surface area contributed by atoms with Crippen LogP contribution in [0.4, 0.5) is 0 Å². The second-order valence-corrected chi connectivity index (χ2v) is 4.26. The lowest BCUT2D eigenvalue weighted by molar-refractivity contribution is 0.404. The van der Waals surface area contributed by atoms with Crippen molar-refractivity contribution in [2.75, 3.05) is 7.11 Å². The molecule has 0 saturated heterocycles. The molecule has 0 heterocycles. The second kappa shape index (κ2) is 3.79. The van der Waals surface area contributed by atoms with E-state index in [1.165, 1.54) is 0 Å². The van der Waals surface area contributed by atoms with Gasteiger partial charge >= 0.3 is 0 Å². The molecule has 60 valence electrons. The minimum absolute atomic E-state index is 0.267. The fourth-order valence-corrected chi connectivity index (χ4v) is 2.43. The molecule has 1 N–H and O–H groups in total. The maximum atomic E-state index is 9.26. The van der Waals surface area contributed by atoms with Gasteiger partial charge in [0.05, 0.1) is 14.3 Å². The minimum Gasteiger partial charge on any atom is -0.507 e. The fraction of sp³-hybridized carbons (Fsp3) is 0.143. The highest BCUT2D eigenvalue weighted by Gasteiger charge is 2.04. The monoisotopic (exact) mass is 376 g/mol. The van der Waals surface area contributed by atoms with Gasteiger partial charge in [0.2, 0.25) is 0 Å². The van der Waals surface area contributed by atoms with E-state index in [-0.39, 0.29) is 5.75 Å². The van der Waals surface area contributed by atoms with Gasteiger partial charge in [-0.05, 0) is 51.2 Å². The summed E-state index contributed by atoms with van der Waals surface area (Å²) in [6.07, 6.45) is 0. The summed E-state index contributed by atoms with van der Waals surface area (Å²) >= 11 is 4.23. The molecule has 2 nitrogen and oxygen atoms in total. The van der Waals surface area contributed by atoms with E-state index < -0.39 is 0 Å². The second-order valence-electron chi connectivity index (χ2n) is 1.94. The predicted molar refractivity (Wildman–Crippen MR) is 60.1 cm³/mol. The first-order chi connectivity index (χ1) is 5.15. The molecule has 1 rings (SSSR count). The van der Waals surface area contributed by atoms with Crippen LogP contribution in [-0.4, -0.2) is 12.2 Å². The Morgan fingerprint density at radius 1 is 1.27 bits per heavy atom. The zero-order valence-corrected chi connectivity index (χ0v) is 10.1. The summed E-state index contributed by atoms with van der Waals surface area (Å²) in [4.78, 5) is 0. The SMILES string of the molecule is COc1cc(O)c(I)cc1I. The van der Waals surface area contributed by atoms with Crippen LogP contribution in [-0.2, 0) is 0 Å². The standard InChI is InChI=1S/C7H6I2O2/c1-11-7-3-6(10)4(8)2-5(7)9/h2-3,10H,1H3. The van der Waals surface area contributed by atoms with Crippen LogP contribution in [0, 0.1) is 7.14 Å². The average molecular weight is 376 g/mol. The molecule has 4 heteroatoms. The van der Waals surface area contributed by atoms with E-state index in [1.54, 1.807) is 13.2 Å². The Hall–Kier alpha value is 0.280. The molecule has 0 unspecified atom stereocenters. The van der Waals surface area contributed by atoms with Crippen LogP contribution < -0.4 is 4.74 Å². The predicted octanol–water partition coefficient (Wildman–Crippen LogP) is 2.61. The van der Waals surface area contributed by atoms with Gasteiger partial charge in [-0.3, -0.25) is 0 Å². The third-order valence-corrected chi connectivity index (χ3v) is 2.93. The molecule has 11 heavy (non-hydrogen) atoms. The van der Waals surface area contributed by atoms with E-state index in [0.29, 0.717) is 5.75 Å². The summed E-state index contributed by atoms with van der Waals surface area (Å²) in [5.74, 6) is 0.978. The Balaban J connectivity index is 3.21. The van der Waals surface area contributed by atoms with E-state index in [0.717, 1.165) is 7.14 Å². The lowest BCUT2D eigenvalue weighted by Crippen LogP contribution is -1.87. The van der Waals surface area contributed by atoms with Crippen molar-refractivity contribution in [3.8, 4) is 11.5 Å². The van der Waals surface area contributed by atoms with Gasteiger partial charge in [0.1, 0.15) is 11.5 Å². The largest absolute Gasteiger partial charge is 0.507 e. The maximum Gasteiger partial charge on any atom is 0.135 e. The van der Waals surface area contributed by atoms with Crippen LogP contribution in [0.2, 0.25) is 0 Å². The molecule has 0 fully saturated rings. The van der Waals surface area contributed by atoms with Crippen molar-refractivity contribution in [3.05, 3.63) is 19.3 Å². The molecule has 0 aliphatic heterocycles. The Labute approximate surface area is 92.2 Å². The lowest BCUT2D eigenvalue weighted by Gasteiger charge is -2.04. The van der Waals surface area contributed by atoms with Crippen molar-refractivity contribution < 1.29 is 9.84 Å². The van der Waals surface area contributed by atoms with Gasteiger partial charge in [0.25, 0.3) is 0 Å². The van der Waals surface area contributed by atoms with Crippen LogP contribution in [0.1, 0.15) is 0 Å². The molecular weight excluding hydrogens is 370 g/mol. The highest BCUT2D eigenvalue weighted by atomic mass is 127. The van der Waals surface area contributed by atoms with Crippen LogP contribution in [0.25, 0.3) is 0 Å². The Kier molecular flexibility index (Phi) is 3.23. The van der Waals surface area contributed by atoms with Crippen molar-refractivity contribution in [1.82, 2.24) is 0 Å². The number of benzene rings is 1. The van der Waals surface area contributed by atoms with E-state index in [1.807, 2.05) is 6.07 Å². The number of phenolic OH excluding ortho intramolecular Hbond substituents is 1. The Morgan fingerprint density at radius 2 is 1.91 bits per heavy atom. The fourth-order valence-electron chi connectivity index (χ4n) is 0.675. The molecule has 1 aromatic rings. The topological polar surface area (TPSA) is 29.5 Å². The molecule has 0 spiro atoms. The van der Waals surface area contributed by atoms with Gasteiger partial charge in [-0.1, -0.05) is 0 Å². The summed E-state index contributed by atoms with van der Waals surface area (Å²) in [5, 5.41) is 9.26. The average Bonchev–Trinajstić information content (AvgIpc) is 1.97. The molecule has 1 aromatic carbocycles. The number of halogens is 2. The van der Waals surface area contributed by atoms with Crippen LogP contribution >= 0.6 is 45.2 Å². The van der Waals surface area contributed by atoms with Crippen molar-refractivity contribution in [2.45, 2.75) is 0 Å². The molecule has 0 bridgehead atoms. The van der Waals surface area contributed by atoms with Gasteiger partial charge in [-0.2, -0.15) is 0 Å². The Morgan fingerprint density at radius 3 is 2.45 bits per heavy atom. The van der Waals surface area contributed by atoms with Crippen molar-refractivity contribution in [1.29, 1.82) is 0 Å². The first-order valence-corrected chi connectivity index (χ1v) is 5.03. The number of hydrogen-bond acceptors (Lipinski definition) is 2. The number of rotatable bonds is 1. The van der Waals surface area contributed by atoms with Crippen LogP contribution in [0.15, 0.2) is 12.1 Å². The maximum absolute atomic E-state index is 9.26. The van der Waals surface area contributed by atoms with E-state index in [4.69, 9.17) is 4.74 Å². The minimum atomic E-state index is 0.267. The molecule has 0 atom stereocenters. The van der Waals surface area contributed by atoms with Crippen molar-refractivity contribution in [2.24, 2.45) is 0 Å². The molecule has 0 saturated carbocycles. The smallest absolute Gasteiger partial charge is 0.135 e. The molecule has 0 radical (unpaired) electrons. The van der Waals surface area contributed by atoms with Gasteiger partial charge < -0.3 is 9.84 Å². The molecule has 0 amide bonds. The van der Waals surface area contributed by atoms with Crippen molar-refractivity contribution in [3.63, 3.8) is 0 Å². The number of hydrogen-bond donors (Lipinski definition) is 1. The highest BCUT2D eigenvalue weighted by Crippen LogP contribution is 2.29. The first kappa shape index (κ1) is 9.37. The third kappa shape index (κ3) is 2.11. The van der Waals surface area contributed by atoms with E-state index >= 15 is 0 Å². The summed E-state index contributed by atoms with van der Waals surface area (Å²) in [5.41, 5.74) is 0. The highest BCUT2D eigenvalue weighted by molar-refractivity contribution is 14.1. The Bertz CT molecular complexity index is 273. The van der Waals surface area contributed by atoms with Gasteiger partial charge in [-0.15, -0.1) is 0 Å². The quantitative estimate of drug-likeness (QED) is 0.764. The number of ether oxygens (including phenoxy) is 1. The van der Waals surface area contributed by atoms with Gasteiger partial charge in [-0.25, -0.2) is 0 Å². The summed E-state index contributed by atoms with van der Waals surface area (Å²) in [6.45, 7) is 0. The van der Waals surface area contributed by atoms with Crippen molar-refractivity contribution >= 4 is 45.2 Å². The number of methoxy groups -OCH3 is 1. The summed E-state index contributed by atoms with van der Waals surface area (Å²) < 4.78 is 6.86. The zero-order valence-electron chi connectivity index (χ0n) is 5.77. The molecule has 0 aliphatic rings. The van der Waals surface area contributed by atoms with Gasteiger partial charge in [0, 0.05) is 6.07 Å². The first-order valence-electron chi connectivity index (χ1n) is 2.87. The normalized spacial score (nSPS) is 9.73. The summed E-state index contributed by atoms with van der Waals surface area (Å²) in [7, 11) is 1.59. The molecular formula is C7H6I2O2. The molecule has 0 aliphatic carbocycles. The van der Waals surface area contributed by atoms with Gasteiger partial charge in [0.15, 0.2) is 0 Å². The summed E-state index contributed by atoms with van der Waals surface area (Å²) in [6, 6.07) is 3.48. The lowest BCUT2D eigenvalue weighted by atomic mass is 10.3. The number of aromatic hydroxyl groups is 1. The van der Waals surface area contributed by atoms with E-state index in [2.05, 4.69) is 45.2 Å². The molecule has 0 aromatic heterocycles. The zero-order chi connectivity index (χ0) is 8.43. The van der Waals surface area contributed by atoms with Crippen LogP contribution in [0.5, 0.6) is 11.5 Å².